The molecule has 0 bridgehead atoms. The van der Waals surface area contributed by atoms with Gasteiger partial charge in [0.2, 0.25) is 5.91 Å². The summed E-state index contributed by atoms with van der Waals surface area (Å²) in [7, 11) is 2.88. The highest BCUT2D eigenvalue weighted by atomic mass is 16.3. The number of nitrogen functional groups attached to an aromatic ring is 1. The molecular formula is C26H33N3O8. The number of carbonyl (C=O) groups excluding carboxylic acids is 5. The second-order valence-corrected chi connectivity index (χ2v) is 11.8. The van der Waals surface area contributed by atoms with Gasteiger partial charge in [-0.1, -0.05) is 27.7 Å². The molecule has 1 aromatic carbocycles. The molecule has 1 amide bonds. The number of primary amides is 1. The van der Waals surface area contributed by atoms with E-state index in [9.17, 15) is 39.3 Å². The van der Waals surface area contributed by atoms with Crippen LogP contribution in [-0.4, -0.2) is 81.1 Å². The number of phenols is 1. The Hall–Kier alpha value is -3.15. The summed E-state index contributed by atoms with van der Waals surface area (Å²) in [5.74, 6) is -13.7. The highest BCUT2D eigenvalue weighted by molar-refractivity contribution is 6.32. The minimum atomic E-state index is -3.03. The number of fused-ring (bicyclic) bond motifs is 3. The lowest BCUT2D eigenvalue weighted by atomic mass is 9.49. The predicted molar refractivity (Wildman–Crippen MR) is 131 cm³/mol. The van der Waals surface area contributed by atoms with Crippen LogP contribution in [0.2, 0.25) is 0 Å². The summed E-state index contributed by atoms with van der Waals surface area (Å²) in [6.45, 7) is 7.04. The molecule has 11 nitrogen and oxygen atoms in total. The van der Waals surface area contributed by atoms with Gasteiger partial charge >= 0.3 is 0 Å². The predicted octanol–water partition coefficient (Wildman–Crippen LogP) is -0.721. The van der Waals surface area contributed by atoms with Crippen molar-refractivity contribution in [1.82, 2.24) is 4.90 Å². The zero-order chi connectivity index (χ0) is 28.1. The highest BCUT2D eigenvalue weighted by Crippen LogP contribution is 2.56. The summed E-state index contributed by atoms with van der Waals surface area (Å²) < 4.78 is 0. The molecule has 0 aliphatic heterocycles. The van der Waals surface area contributed by atoms with Crippen molar-refractivity contribution >= 4 is 34.7 Å². The van der Waals surface area contributed by atoms with Gasteiger partial charge in [-0.3, -0.25) is 28.9 Å². The Morgan fingerprint density at radius 1 is 1.11 bits per heavy atom. The molecule has 1 aromatic rings. The molecule has 3 aliphatic rings. The monoisotopic (exact) mass is 515 g/mol. The van der Waals surface area contributed by atoms with Gasteiger partial charge in [0.25, 0.3) is 0 Å². The molecule has 0 spiro atoms. The Morgan fingerprint density at radius 3 is 2.16 bits per heavy atom. The first-order chi connectivity index (χ1) is 16.9. The van der Waals surface area contributed by atoms with Gasteiger partial charge in [0.1, 0.15) is 5.75 Å². The minimum Gasteiger partial charge on any atom is -0.507 e. The summed E-state index contributed by atoms with van der Waals surface area (Å²) in [5.41, 5.74) is 8.60. The number of Topliss-reactive ketones (excluding diaryl/α,β-unsaturated/α-hetero) is 4. The van der Waals surface area contributed by atoms with Crippen molar-refractivity contribution in [3.05, 3.63) is 22.8 Å². The number of aromatic hydroxyl groups is 1. The Bertz CT molecular complexity index is 1270. The van der Waals surface area contributed by atoms with Gasteiger partial charge in [-0.2, -0.15) is 0 Å². The largest absolute Gasteiger partial charge is 0.507 e. The maximum absolute atomic E-state index is 14.0. The second-order valence-electron chi connectivity index (χ2n) is 11.8. The number of carbonyl (C=O) groups is 5. The van der Waals surface area contributed by atoms with E-state index in [1.54, 1.807) is 33.8 Å². The average Bonchev–Trinajstić information content (AvgIpc) is 2.76. The molecule has 8 atom stereocenters. The Morgan fingerprint density at radius 2 is 1.68 bits per heavy atom. The molecule has 3 aliphatic carbocycles. The molecule has 4 rings (SSSR count). The number of hydrogen-bond donors (Lipinski definition) is 5. The van der Waals surface area contributed by atoms with Crippen molar-refractivity contribution in [2.75, 3.05) is 19.8 Å². The van der Waals surface area contributed by atoms with Gasteiger partial charge in [0, 0.05) is 17.2 Å². The first kappa shape index (κ1) is 26.9. The third-order valence-electron chi connectivity index (χ3n) is 8.42. The van der Waals surface area contributed by atoms with Gasteiger partial charge < -0.3 is 26.8 Å². The smallest absolute Gasteiger partial charge is 0.235 e. The molecule has 0 aromatic heterocycles. The van der Waals surface area contributed by atoms with E-state index in [4.69, 9.17) is 11.5 Å². The van der Waals surface area contributed by atoms with Gasteiger partial charge in [-0.15, -0.1) is 0 Å². The summed E-state index contributed by atoms with van der Waals surface area (Å²) in [6.07, 6.45) is -1.70. The molecule has 2 fully saturated rings. The van der Waals surface area contributed by atoms with E-state index in [0.717, 1.165) is 0 Å². The molecule has 200 valence electrons. The van der Waals surface area contributed by atoms with E-state index < -0.39 is 81.8 Å². The molecule has 7 N–H and O–H groups in total. The number of nitrogens with two attached hydrogens (primary N) is 2. The van der Waals surface area contributed by atoms with Crippen molar-refractivity contribution in [2.24, 2.45) is 29.4 Å². The number of ketones is 4. The number of aliphatic hydroxyl groups excluding tert-OH is 1. The number of amides is 1. The average molecular weight is 516 g/mol. The van der Waals surface area contributed by atoms with Crippen molar-refractivity contribution in [2.45, 2.75) is 56.8 Å². The SMILES string of the molecule is CC1c2c(N)cc(C(C)(C)C)c(O)c2C(=O)C2C(=O)C3(O)C(=O)C(C(N)=O)C(=O)C(N(C)C)C3C(O)C21. The summed E-state index contributed by atoms with van der Waals surface area (Å²) in [6, 6.07) is 0.136. The van der Waals surface area contributed by atoms with E-state index >= 15 is 0 Å². The van der Waals surface area contributed by atoms with Crippen LogP contribution >= 0.6 is 0 Å². The maximum Gasteiger partial charge on any atom is 0.235 e. The van der Waals surface area contributed by atoms with E-state index in [-0.39, 0.29) is 22.6 Å². The fraction of sp³-hybridized carbons (Fsp3) is 0.577. The number of benzene rings is 1. The van der Waals surface area contributed by atoms with Crippen LogP contribution in [-0.2, 0) is 24.6 Å². The van der Waals surface area contributed by atoms with E-state index in [2.05, 4.69) is 0 Å². The molecule has 8 unspecified atom stereocenters. The van der Waals surface area contributed by atoms with E-state index in [1.165, 1.54) is 19.0 Å². The van der Waals surface area contributed by atoms with E-state index in [1.807, 2.05) is 0 Å². The summed E-state index contributed by atoms with van der Waals surface area (Å²) in [4.78, 5) is 67.8. The number of rotatable bonds is 2. The quantitative estimate of drug-likeness (QED) is 0.190. The number of hydrogen-bond acceptors (Lipinski definition) is 10. The van der Waals surface area contributed by atoms with Crippen LogP contribution in [0.1, 0.15) is 55.1 Å². The molecule has 2 saturated carbocycles. The lowest BCUT2D eigenvalue weighted by Crippen LogP contribution is -2.77. The number of likely N-dealkylation sites (N-methyl/N-ethyl adjacent to an activating group) is 1. The molecule has 37 heavy (non-hydrogen) atoms. The number of anilines is 1. The zero-order valence-electron chi connectivity index (χ0n) is 21.6. The molecule has 0 saturated heterocycles. The third kappa shape index (κ3) is 3.33. The number of aliphatic hydroxyl groups is 2. The fourth-order valence-corrected chi connectivity index (χ4v) is 6.75. The molecule has 11 heteroatoms. The lowest BCUT2D eigenvalue weighted by molar-refractivity contribution is -0.196. The summed E-state index contributed by atoms with van der Waals surface area (Å²) in [5, 5.41) is 34.4. The van der Waals surface area contributed by atoms with Crippen molar-refractivity contribution in [3.8, 4) is 5.75 Å². The van der Waals surface area contributed by atoms with Crippen LogP contribution < -0.4 is 11.5 Å². The standard InChI is InChI=1S/C26H33N3O8/c1-8-11-10(27)7-9(25(2,3)4)18(30)13(11)19(31)14-12(8)20(32)16-17(29(5)6)21(33)15(24(28)36)23(35)26(16,37)22(14)34/h7-8,12,14-17,20,30,32,37H,27H2,1-6H3,(H2,28,36). The molecule has 0 heterocycles. The van der Waals surface area contributed by atoms with Crippen LogP contribution in [0, 0.1) is 23.7 Å². The maximum atomic E-state index is 14.0. The van der Waals surface area contributed by atoms with Crippen molar-refractivity contribution in [1.29, 1.82) is 0 Å². The van der Waals surface area contributed by atoms with Crippen LogP contribution in [0.4, 0.5) is 5.69 Å². The fourth-order valence-electron chi connectivity index (χ4n) is 6.75. The first-order valence-corrected chi connectivity index (χ1v) is 12.1. The van der Waals surface area contributed by atoms with Gasteiger partial charge in [-0.05, 0) is 37.1 Å². The highest BCUT2D eigenvalue weighted by Gasteiger charge is 2.73. The molecular weight excluding hydrogens is 482 g/mol. The van der Waals surface area contributed by atoms with Crippen LogP contribution in [0.3, 0.4) is 0 Å². The molecule has 0 radical (unpaired) electrons. The first-order valence-electron chi connectivity index (χ1n) is 12.1. The van der Waals surface area contributed by atoms with Gasteiger partial charge in [0.05, 0.1) is 29.5 Å². The van der Waals surface area contributed by atoms with Crippen LogP contribution in [0.25, 0.3) is 0 Å². The second kappa shape index (κ2) is 8.17. The minimum absolute atomic E-state index is 0.186. The van der Waals surface area contributed by atoms with Crippen molar-refractivity contribution in [3.63, 3.8) is 0 Å². The lowest BCUT2D eigenvalue weighted by Gasteiger charge is -2.56. The van der Waals surface area contributed by atoms with Crippen LogP contribution in [0.15, 0.2) is 6.07 Å². The van der Waals surface area contributed by atoms with Crippen molar-refractivity contribution < 1.29 is 39.3 Å². The normalized spacial score (nSPS) is 35.8. The Kier molecular flexibility index (Phi) is 5.94. The number of phenolic OH excluding ortho intramolecular Hbond substituents is 1. The van der Waals surface area contributed by atoms with Gasteiger partial charge in [0.15, 0.2) is 34.7 Å². The van der Waals surface area contributed by atoms with Crippen LogP contribution in [0.5, 0.6) is 5.75 Å². The zero-order valence-corrected chi connectivity index (χ0v) is 21.6. The van der Waals surface area contributed by atoms with Gasteiger partial charge in [-0.25, -0.2) is 0 Å². The summed E-state index contributed by atoms with van der Waals surface area (Å²) >= 11 is 0. The number of nitrogens with zero attached hydrogens (tertiary/aromatic N) is 1. The topological polar surface area (TPSA) is 201 Å². The third-order valence-corrected chi connectivity index (χ3v) is 8.42. The van der Waals surface area contributed by atoms with E-state index in [0.29, 0.717) is 5.56 Å². The Labute approximate surface area is 213 Å². The Balaban J connectivity index is 2.00.